The number of carbonyl (C=O) groups is 1. The first kappa shape index (κ1) is 22.1. The zero-order chi connectivity index (χ0) is 21.7. The maximum absolute atomic E-state index is 12.6. The van der Waals surface area contributed by atoms with E-state index < -0.39 is 0 Å². The van der Waals surface area contributed by atoms with Crippen molar-refractivity contribution in [2.75, 3.05) is 39.7 Å². The van der Waals surface area contributed by atoms with Gasteiger partial charge in [-0.25, -0.2) is 0 Å². The number of quaternary nitrogens is 1. The number of benzene rings is 1. The molecule has 1 amide bonds. The Labute approximate surface area is 182 Å². The number of amides is 1. The van der Waals surface area contributed by atoms with Crippen molar-refractivity contribution >= 4 is 22.2 Å². The van der Waals surface area contributed by atoms with Gasteiger partial charge < -0.3 is 19.7 Å². The summed E-state index contributed by atoms with van der Waals surface area (Å²) in [6.07, 6.45) is 3.87. The van der Waals surface area contributed by atoms with E-state index in [9.17, 15) is 10.1 Å². The van der Waals surface area contributed by atoms with Crippen LogP contribution in [-0.4, -0.2) is 40.3 Å². The molecule has 1 aliphatic rings. The molecule has 2 N–H and O–H groups in total. The van der Waals surface area contributed by atoms with Crippen molar-refractivity contribution in [3.8, 4) is 17.6 Å². The van der Waals surface area contributed by atoms with Crippen LogP contribution in [0.1, 0.15) is 34.9 Å². The topological polar surface area (TPSA) is 75.8 Å². The number of likely N-dealkylation sites (N-methyl/N-ethyl adjacent to an activating group) is 1. The second-order valence-corrected chi connectivity index (χ2v) is 9.14. The number of ether oxygens (including phenoxy) is 2. The Bertz CT molecular complexity index is 948. The zero-order valence-electron chi connectivity index (χ0n) is 18.1. The number of nitrogens with zero attached hydrogens (tertiary/aromatic N) is 1. The van der Waals surface area contributed by atoms with Crippen LogP contribution in [0.4, 0.5) is 5.00 Å². The predicted octanol–water partition coefficient (Wildman–Crippen LogP) is 2.46. The summed E-state index contributed by atoms with van der Waals surface area (Å²) >= 11 is 1.57. The van der Waals surface area contributed by atoms with Gasteiger partial charge >= 0.3 is 0 Å². The van der Waals surface area contributed by atoms with Crippen LogP contribution < -0.4 is 19.7 Å². The average molecular weight is 429 g/mol. The second kappa shape index (κ2) is 9.96. The lowest BCUT2D eigenvalue weighted by atomic mass is 9.89. The summed E-state index contributed by atoms with van der Waals surface area (Å²) in [5.74, 6) is 2.01. The van der Waals surface area contributed by atoms with Gasteiger partial charge in [0.2, 0.25) is 0 Å². The molecule has 7 heteroatoms. The van der Waals surface area contributed by atoms with Gasteiger partial charge in [-0.05, 0) is 48.4 Å². The summed E-state index contributed by atoms with van der Waals surface area (Å²) in [7, 11) is 5.25. The van der Waals surface area contributed by atoms with Gasteiger partial charge in [-0.3, -0.25) is 4.79 Å². The van der Waals surface area contributed by atoms with Gasteiger partial charge in [0.15, 0.2) is 18.0 Å². The highest BCUT2D eigenvalue weighted by molar-refractivity contribution is 7.16. The first-order valence-corrected chi connectivity index (χ1v) is 11.1. The number of nitrogens with one attached hydrogen (secondary N) is 2. The Kier molecular flexibility index (Phi) is 7.35. The molecule has 0 aliphatic heterocycles. The van der Waals surface area contributed by atoms with E-state index in [1.807, 2.05) is 25.2 Å². The molecule has 1 aromatic carbocycles. The number of hydrogen-bond donors (Lipinski definition) is 2. The monoisotopic (exact) mass is 428 g/mol. The van der Waals surface area contributed by atoms with Crippen molar-refractivity contribution in [2.24, 2.45) is 5.92 Å². The third kappa shape index (κ3) is 5.13. The Morgan fingerprint density at radius 1 is 1.33 bits per heavy atom. The SMILES string of the molecule is COc1ccc(CC[NH+](C)CC(=O)Nc2sc3c(c2C#N)CC[C@H](C)C3)cc1OC. The predicted molar refractivity (Wildman–Crippen MR) is 119 cm³/mol. The number of rotatable bonds is 8. The van der Waals surface area contributed by atoms with Crippen molar-refractivity contribution < 1.29 is 19.2 Å². The number of methoxy groups -OCH3 is 2. The third-order valence-electron chi connectivity index (χ3n) is 5.63. The number of hydrogen-bond acceptors (Lipinski definition) is 5. The fraction of sp³-hybridized carbons (Fsp3) is 0.478. The zero-order valence-corrected chi connectivity index (χ0v) is 18.9. The largest absolute Gasteiger partial charge is 0.493 e. The van der Waals surface area contributed by atoms with Crippen molar-refractivity contribution in [1.82, 2.24) is 0 Å². The molecule has 3 rings (SSSR count). The van der Waals surface area contributed by atoms with E-state index in [2.05, 4.69) is 18.3 Å². The molecule has 160 valence electrons. The van der Waals surface area contributed by atoms with E-state index in [1.54, 1.807) is 25.6 Å². The summed E-state index contributed by atoms with van der Waals surface area (Å²) in [6, 6.07) is 8.21. The van der Waals surface area contributed by atoms with E-state index in [1.165, 1.54) is 4.88 Å². The van der Waals surface area contributed by atoms with Gasteiger partial charge in [-0.1, -0.05) is 13.0 Å². The lowest BCUT2D eigenvalue weighted by Gasteiger charge is -2.17. The van der Waals surface area contributed by atoms with Gasteiger partial charge in [0.1, 0.15) is 11.1 Å². The highest BCUT2D eigenvalue weighted by Gasteiger charge is 2.25. The van der Waals surface area contributed by atoms with Gasteiger partial charge in [0, 0.05) is 11.3 Å². The molecule has 1 unspecified atom stereocenters. The van der Waals surface area contributed by atoms with Crippen LogP contribution >= 0.6 is 11.3 Å². The minimum absolute atomic E-state index is 0.0528. The van der Waals surface area contributed by atoms with Crippen LogP contribution in [0.15, 0.2) is 18.2 Å². The first-order valence-electron chi connectivity index (χ1n) is 10.3. The fourth-order valence-corrected chi connectivity index (χ4v) is 5.26. The van der Waals surface area contributed by atoms with E-state index >= 15 is 0 Å². The minimum atomic E-state index is -0.0528. The van der Waals surface area contributed by atoms with Crippen molar-refractivity contribution in [3.05, 3.63) is 39.8 Å². The number of anilines is 1. The summed E-state index contributed by atoms with van der Waals surface area (Å²) in [6.45, 7) is 3.41. The standard InChI is InChI=1S/C23H29N3O3S/c1-15-5-7-17-18(13-24)23(30-21(17)11-15)25-22(27)14-26(2)10-9-16-6-8-19(28-3)20(12-16)29-4/h6,8,12,15H,5,7,9-11,14H2,1-4H3,(H,25,27)/p+1/t15-/m0/s1. The van der Waals surface area contributed by atoms with Crippen molar-refractivity contribution in [2.45, 2.75) is 32.6 Å². The highest BCUT2D eigenvalue weighted by Crippen LogP contribution is 2.39. The molecule has 1 aliphatic carbocycles. The Morgan fingerprint density at radius 2 is 2.10 bits per heavy atom. The second-order valence-electron chi connectivity index (χ2n) is 8.04. The smallest absolute Gasteiger partial charge is 0.280 e. The Balaban J connectivity index is 1.56. The van der Waals surface area contributed by atoms with Gasteiger partial charge in [-0.2, -0.15) is 5.26 Å². The molecular weight excluding hydrogens is 398 g/mol. The van der Waals surface area contributed by atoms with E-state index in [0.29, 0.717) is 34.5 Å². The minimum Gasteiger partial charge on any atom is -0.493 e. The molecule has 30 heavy (non-hydrogen) atoms. The molecule has 2 atom stereocenters. The van der Waals surface area contributed by atoms with Gasteiger partial charge in [-0.15, -0.1) is 11.3 Å². The number of nitriles is 1. The number of fused-ring (bicyclic) bond motifs is 1. The molecule has 0 radical (unpaired) electrons. The molecule has 0 fully saturated rings. The van der Waals surface area contributed by atoms with Gasteiger partial charge in [0.05, 0.1) is 33.4 Å². The summed E-state index contributed by atoms with van der Waals surface area (Å²) < 4.78 is 10.6. The average Bonchev–Trinajstić information content (AvgIpc) is 3.07. The maximum Gasteiger partial charge on any atom is 0.280 e. The molecule has 6 nitrogen and oxygen atoms in total. The van der Waals surface area contributed by atoms with E-state index in [0.717, 1.165) is 48.3 Å². The Morgan fingerprint density at radius 3 is 2.80 bits per heavy atom. The lowest BCUT2D eigenvalue weighted by Crippen LogP contribution is -3.10. The van der Waals surface area contributed by atoms with Crippen LogP contribution in [0, 0.1) is 17.2 Å². The third-order valence-corrected chi connectivity index (χ3v) is 6.80. The normalized spacial score (nSPS) is 16.3. The molecule has 1 heterocycles. The van der Waals surface area contributed by atoms with Crippen LogP contribution in [0.5, 0.6) is 11.5 Å². The maximum atomic E-state index is 12.6. The molecular formula is C23H30N3O3S+. The molecule has 0 saturated carbocycles. The number of thiophene rings is 1. The first-order chi connectivity index (χ1) is 14.4. The summed E-state index contributed by atoms with van der Waals surface area (Å²) in [5, 5.41) is 13.3. The van der Waals surface area contributed by atoms with Crippen LogP contribution in [0.25, 0.3) is 0 Å². The Hall–Kier alpha value is -2.56. The molecule has 0 bridgehead atoms. The van der Waals surface area contributed by atoms with Crippen LogP contribution in [-0.2, 0) is 24.1 Å². The molecule has 2 aromatic rings. The molecule has 0 saturated heterocycles. The van der Waals surface area contributed by atoms with Crippen LogP contribution in [0.2, 0.25) is 0 Å². The van der Waals surface area contributed by atoms with E-state index in [4.69, 9.17) is 9.47 Å². The fourth-order valence-electron chi connectivity index (χ4n) is 3.88. The van der Waals surface area contributed by atoms with Crippen molar-refractivity contribution in [1.29, 1.82) is 5.26 Å². The summed E-state index contributed by atoms with van der Waals surface area (Å²) in [5.41, 5.74) is 2.95. The highest BCUT2D eigenvalue weighted by atomic mass is 32.1. The lowest BCUT2D eigenvalue weighted by molar-refractivity contribution is -0.870. The van der Waals surface area contributed by atoms with E-state index in [-0.39, 0.29) is 5.91 Å². The van der Waals surface area contributed by atoms with Crippen molar-refractivity contribution in [3.63, 3.8) is 0 Å². The van der Waals surface area contributed by atoms with Gasteiger partial charge in [0.25, 0.3) is 5.91 Å². The summed E-state index contributed by atoms with van der Waals surface area (Å²) in [4.78, 5) is 15.0. The molecule has 0 spiro atoms. The number of carbonyl (C=O) groups excluding carboxylic acids is 1. The van der Waals surface area contributed by atoms with Crippen LogP contribution in [0.3, 0.4) is 0 Å². The molecule has 1 aromatic heterocycles. The quantitative estimate of drug-likeness (QED) is 0.677.